The van der Waals surface area contributed by atoms with Crippen molar-refractivity contribution >= 4 is 11.8 Å². The van der Waals surface area contributed by atoms with Gasteiger partial charge >= 0.3 is 0 Å². The van der Waals surface area contributed by atoms with Gasteiger partial charge in [-0.05, 0) is 62.8 Å². The molecule has 0 radical (unpaired) electrons. The van der Waals surface area contributed by atoms with Crippen LogP contribution in [0.15, 0.2) is 34.6 Å². The van der Waals surface area contributed by atoms with Gasteiger partial charge in [-0.1, -0.05) is 6.92 Å². The van der Waals surface area contributed by atoms with E-state index >= 15 is 0 Å². The third-order valence-corrected chi connectivity index (χ3v) is 3.72. The van der Waals surface area contributed by atoms with Crippen LogP contribution in [0.2, 0.25) is 0 Å². The predicted molar refractivity (Wildman–Crippen MR) is 82.0 cm³/mol. The summed E-state index contributed by atoms with van der Waals surface area (Å²) < 4.78 is 0. The summed E-state index contributed by atoms with van der Waals surface area (Å²) in [6, 6.07) is 6.43. The Morgan fingerprint density at radius 1 is 1.20 bits per heavy atom. The van der Waals surface area contributed by atoms with Gasteiger partial charge in [0.25, 0.3) is 0 Å². The average molecular weight is 288 g/mol. The van der Waals surface area contributed by atoms with Crippen LogP contribution >= 0.6 is 11.8 Å². The lowest BCUT2D eigenvalue weighted by molar-refractivity contribution is 0.596. The fourth-order valence-electron chi connectivity index (χ4n) is 2.01. The zero-order chi connectivity index (χ0) is 14.5. The van der Waals surface area contributed by atoms with Crippen molar-refractivity contribution in [2.24, 2.45) is 0 Å². The van der Waals surface area contributed by atoms with E-state index in [0.29, 0.717) is 6.04 Å². The maximum Gasteiger partial charge on any atom is 0.194 e. The zero-order valence-electron chi connectivity index (χ0n) is 12.3. The van der Waals surface area contributed by atoms with Crippen LogP contribution in [0.3, 0.4) is 0 Å². The van der Waals surface area contributed by atoms with Crippen molar-refractivity contribution in [1.82, 2.24) is 20.3 Å². The van der Waals surface area contributed by atoms with E-state index in [9.17, 15) is 0 Å². The molecule has 1 N–H and O–H groups in total. The number of nitrogens with zero attached hydrogens (tertiary/aromatic N) is 3. The minimum absolute atomic E-state index is 0.322. The highest BCUT2D eigenvalue weighted by molar-refractivity contribution is 7.99. The third-order valence-electron chi connectivity index (χ3n) is 2.93. The van der Waals surface area contributed by atoms with Crippen molar-refractivity contribution < 1.29 is 0 Å². The first kappa shape index (κ1) is 14.9. The van der Waals surface area contributed by atoms with Crippen LogP contribution in [-0.2, 0) is 0 Å². The molecule has 20 heavy (non-hydrogen) atoms. The van der Waals surface area contributed by atoms with E-state index in [0.717, 1.165) is 28.1 Å². The number of rotatable bonds is 5. The molecule has 0 amide bonds. The molecule has 0 spiro atoms. The van der Waals surface area contributed by atoms with Gasteiger partial charge in [0.1, 0.15) is 5.03 Å². The van der Waals surface area contributed by atoms with E-state index < -0.39 is 0 Å². The molecule has 0 bridgehead atoms. The maximum absolute atomic E-state index is 4.44. The summed E-state index contributed by atoms with van der Waals surface area (Å²) in [6.07, 6.45) is 1.84. The second kappa shape index (κ2) is 6.81. The molecule has 0 aliphatic rings. The minimum Gasteiger partial charge on any atom is -0.310 e. The SMILES string of the molecule is CCNC(C)c1ccnc(Sc2nc(C)cc(C)n2)c1. The van der Waals surface area contributed by atoms with Gasteiger partial charge in [0.15, 0.2) is 5.16 Å². The van der Waals surface area contributed by atoms with Crippen molar-refractivity contribution in [3.05, 3.63) is 41.3 Å². The molecule has 0 aromatic carbocycles. The molecule has 0 aliphatic carbocycles. The molecule has 0 saturated heterocycles. The first-order chi connectivity index (χ1) is 9.58. The Balaban J connectivity index is 2.19. The fraction of sp³-hybridized carbons (Fsp3) is 0.400. The van der Waals surface area contributed by atoms with Gasteiger partial charge in [-0.25, -0.2) is 15.0 Å². The Morgan fingerprint density at radius 2 is 1.90 bits per heavy atom. The highest BCUT2D eigenvalue weighted by Gasteiger charge is 2.08. The Kier molecular flexibility index (Phi) is 5.09. The molecule has 1 unspecified atom stereocenters. The van der Waals surface area contributed by atoms with Gasteiger partial charge in [0.05, 0.1) is 0 Å². The van der Waals surface area contributed by atoms with E-state index in [1.165, 1.54) is 17.3 Å². The molecule has 2 aromatic heterocycles. The van der Waals surface area contributed by atoms with Crippen molar-refractivity contribution in [2.75, 3.05) is 6.54 Å². The van der Waals surface area contributed by atoms with Crippen LogP contribution in [0.1, 0.15) is 36.8 Å². The number of aryl methyl sites for hydroxylation is 2. The molecule has 0 fully saturated rings. The largest absolute Gasteiger partial charge is 0.310 e. The molecule has 106 valence electrons. The van der Waals surface area contributed by atoms with Gasteiger partial charge in [0, 0.05) is 23.6 Å². The fourth-order valence-corrected chi connectivity index (χ4v) is 2.88. The molecular weight excluding hydrogens is 268 g/mol. The molecule has 1 atom stereocenters. The van der Waals surface area contributed by atoms with E-state index in [-0.39, 0.29) is 0 Å². The van der Waals surface area contributed by atoms with Crippen molar-refractivity contribution in [3.8, 4) is 0 Å². The molecule has 5 heteroatoms. The van der Waals surface area contributed by atoms with Crippen LogP contribution in [0.5, 0.6) is 0 Å². The highest BCUT2D eigenvalue weighted by atomic mass is 32.2. The quantitative estimate of drug-likeness (QED) is 0.855. The molecule has 0 aliphatic heterocycles. The van der Waals surface area contributed by atoms with Crippen molar-refractivity contribution in [3.63, 3.8) is 0 Å². The molecule has 2 rings (SSSR count). The maximum atomic E-state index is 4.44. The summed E-state index contributed by atoms with van der Waals surface area (Å²) in [5.74, 6) is 0. The second-order valence-corrected chi connectivity index (χ2v) is 5.73. The number of pyridine rings is 1. The summed E-state index contributed by atoms with van der Waals surface area (Å²) in [4.78, 5) is 13.3. The van der Waals surface area contributed by atoms with Crippen LogP contribution in [0, 0.1) is 13.8 Å². The van der Waals surface area contributed by atoms with Gasteiger partial charge in [-0.2, -0.15) is 0 Å². The normalized spacial score (nSPS) is 12.4. The lowest BCUT2D eigenvalue weighted by Gasteiger charge is -2.13. The lowest BCUT2D eigenvalue weighted by atomic mass is 10.1. The smallest absolute Gasteiger partial charge is 0.194 e. The van der Waals surface area contributed by atoms with Crippen LogP contribution < -0.4 is 5.32 Å². The van der Waals surface area contributed by atoms with E-state index in [2.05, 4.69) is 40.2 Å². The van der Waals surface area contributed by atoms with Crippen molar-refractivity contribution in [1.29, 1.82) is 0 Å². The van der Waals surface area contributed by atoms with Crippen LogP contribution in [-0.4, -0.2) is 21.5 Å². The third kappa shape index (κ3) is 4.02. The predicted octanol–water partition coefficient (Wildman–Crippen LogP) is 3.31. The number of hydrogen-bond acceptors (Lipinski definition) is 5. The minimum atomic E-state index is 0.322. The monoisotopic (exact) mass is 288 g/mol. The summed E-state index contributed by atoms with van der Waals surface area (Å²) in [6.45, 7) is 9.18. The Hall–Kier alpha value is -1.46. The molecule has 4 nitrogen and oxygen atoms in total. The number of nitrogens with one attached hydrogen (secondary N) is 1. The Morgan fingerprint density at radius 3 is 2.55 bits per heavy atom. The lowest BCUT2D eigenvalue weighted by Crippen LogP contribution is -2.17. The standard InChI is InChI=1S/C15H20N4S/c1-5-16-12(4)13-6-7-17-14(9-13)20-15-18-10(2)8-11(3)19-15/h6-9,12,16H,5H2,1-4H3. The van der Waals surface area contributed by atoms with Crippen molar-refractivity contribution in [2.45, 2.75) is 43.9 Å². The Bertz CT molecular complexity index is 566. The van der Waals surface area contributed by atoms with Crippen LogP contribution in [0.25, 0.3) is 0 Å². The van der Waals surface area contributed by atoms with Gasteiger partial charge < -0.3 is 5.32 Å². The summed E-state index contributed by atoms with van der Waals surface area (Å²) >= 11 is 1.50. The molecule has 2 heterocycles. The highest BCUT2D eigenvalue weighted by Crippen LogP contribution is 2.25. The van der Waals surface area contributed by atoms with E-state index in [1.54, 1.807) is 0 Å². The summed E-state index contributed by atoms with van der Waals surface area (Å²) in [5, 5.41) is 5.08. The van der Waals surface area contributed by atoms with E-state index in [1.807, 2.05) is 32.2 Å². The van der Waals surface area contributed by atoms with Crippen LogP contribution in [0.4, 0.5) is 0 Å². The first-order valence-electron chi connectivity index (χ1n) is 6.78. The summed E-state index contributed by atoms with van der Waals surface area (Å²) in [7, 11) is 0. The first-order valence-corrected chi connectivity index (χ1v) is 7.59. The average Bonchev–Trinajstić information content (AvgIpc) is 2.38. The molecular formula is C15H20N4S. The molecule has 2 aromatic rings. The van der Waals surface area contributed by atoms with Gasteiger partial charge in [-0.15, -0.1) is 0 Å². The number of hydrogen-bond donors (Lipinski definition) is 1. The topological polar surface area (TPSA) is 50.7 Å². The van der Waals surface area contributed by atoms with Gasteiger partial charge in [0.2, 0.25) is 0 Å². The number of aromatic nitrogens is 3. The summed E-state index contributed by atoms with van der Waals surface area (Å²) in [5.41, 5.74) is 3.20. The van der Waals surface area contributed by atoms with Gasteiger partial charge in [-0.3, -0.25) is 0 Å². The van der Waals surface area contributed by atoms with E-state index in [4.69, 9.17) is 0 Å². The zero-order valence-corrected chi connectivity index (χ0v) is 13.2. The Labute approximate surface area is 124 Å². The molecule has 0 saturated carbocycles. The second-order valence-electron chi connectivity index (χ2n) is 4.74.